The zero-order chi connectivity index (χ0) is 12.4. The highest BCUT2D eigenvalue weighted by molar-refractivity contribution is 7.21. The third-order valence-electron chi connectivity index (χ3n) is 2.81. The first-order valence-corrected chi connectivity index (χ1v) is 6.68. The molecule has 0 spiro atoms. The highest BCUT2D eigenvalue weighted by atomic mass is 32.1. The number of pyridine rings is 1. The van der Waals surface area contributed by atoms with Crippen LogP contribution in [-0.2, 0) is 6.42 Å². The maximum atomic E-state index is 5.58. The summed E-state index contributed by atoms with van der Waals surface area (Å²) in [5, 5.41) is 1.04. The smallest absolute Gasteiger partial charge is 0.124 e. The number of hydrogen-bond donors (Lipinski definition) is 1. The van der Waals surface area contributed by atoms with Gasteiger partial charge >= 0.3 is 0 Å². The van der Waals surface area contributed by atoms with E-state index in [1.807, 2.05) is 12.1 Å². The summed E-state index contributed by atoms with van der Waals surface area (Å²) in [7, 11) is 0. The molecule has 0 atom stereocenters. The highest BCUT2D eigenvalue weighted by Gasteiger charge is 2.06. The van der Waals surface area contributed by atoms with E-state index in [2.05, 4.69) is 28.2 Å². The number of nitrogens with zero attached hydrogens (tertiary/aromatic N) is 2. The SMILES string of the molecule is NCCc1ccc2sc(-c3ccncc3)nc2c1. The first-order chi connectivity index (χ1) is 8.86. The van der Waals surface area contributed by atoms with Gasteiger partial charge in [-0.3, -0.25) is 4.98 Å². The van der Waals surface area contributed by atoms with Crippen LogP contribution in [0.25, 0.3) is 20.8 Å². The molecule has 1 aromatic carbocycles. The molecule has 0 aliphatic rings. The number of rotatable bonds is 3. The molecule has 3 nitrogen and oxygen atoms in total. The average molecular weight is 255 g/mol. The molecule has 2 aromatic heterocycles. The lowest BCUT2D eigenvalue weighted by Gasteiger charge is -1.96. The van der Waals surface area contributed by atoms with E-state index in [0.717, 1.165) is 22.5 Å². The van der Waals surface area contributed by atoms with Crippen LogP contribution in [0.15, 0.2) is 42.7 Å². The lowest BCUT2D eigenvalue weighted by Crippen LogP contribution is -2.02. The fraction of sp³-hybridized carbons (Fsp3) is 0.143. The number of hydrogen-bond acceptors (Lipinski definition) is 4. The van der Waals surface area contributed by atoms with Gasteiger partial charge in [-0.05, 0) is 42.8 Å². The average Bonchev–Trinajstić information content (AvgIpc) is 2.83. The van der Waals surface area contributed by atoms with Gasteiger partial charge in [0.25, 0.3) is 0 Å². The molecule has 0 unspecified atom stereocenters. The quantitative estimate of drug-likeness (QED) is 0.783. The van der Waals surface area contributed by atoms with Crippen LogP contribution in [0.1, 0.15) is 5.56 Å². The number of benzene rings is 1. The molecule has 18 heavy (non-hydrogen) atoms. The Labute approximate surface area is 109 Å². The standard InChI is InChI=1S/C14H13N3S/c15-6-3-10-1-2-13-12(9-10)17-14(18-13)11-4-7-16-8-5-11/h1-2,4-5,7-9H,3,6,15H2. The van der Waals surface area contributed by atoms with Gasteiger partial charge in [-0.2, -0.15) is 0 Å². The largest absolute Gasteiger partial charge is 0.330 e. The van der Waals surface area contributed by atoms with E-state index in [0.29, 0.717) is 6.54 Å². The maximum Gasteiger partial charge on any atom is 0.124 e. The Bertz CT molecular complexity index is 661. The summed E-state index contributed by atoms with van der Waals surface area (Å²) in [6.45, 7) is 0.673. The van der Waals surface area contributed by atoms with Crippen molar-refractivity contribution in [2.75, 3.05) is 6.54 Å². The Hall–Kier alpha value is -1.78. The summed E-state index contributed by atoms with van der Waals surface area (Å²) in [4.78, 5) is 8.70. The zero-order valence-electron chi connectivity index (χ0n) is 9.84. The summed E-state index contributed by atoms with van der Waals surface area (Å²) in [5.41, 5.74) is 8.99. The molecule has 0 bridgehead atoms. The van der Waals surface area contributed by atoms with Gasteiger partial charge in [-0.1, -0.05) is 6.07 Å². The molecule has 4 heteroatoms. The summed E-state index contributed by atoms with van der Waals surface area (Å²) < 4.78 is 1.21. The number of thiazole rings is 1. The van der Waals surface area contributed by atoms with Crippen molar-refractivity contribution >= 4 is 21.6 Å². The second kappa shape index (κ2) is 4.84. The Kier molecular flexibility index (Phi) is 3.04. The van der Waals surface area contributed by atoms with E-state index in [4.69, 9.17) is 5.73 Å². The van der Waals surface area contributed by atoms with Crippen molar-refractivity contribution < 1.29 is 0 Å². The Balaban J connectivity index is 2.06. The van der Waals surface area contributed by atoms with Gasteiger partial charge in [-0.25, -0.2) is 4.98 Å². The Morgan fingerprint density at radius 2 is 1.94 bits per heavy atom. The summed E-state index contributed by atoms with van der Waals surface area (Å²) >= 11 is 1.71. The van der Waals surface area contributed by atoms with Crippen molar-refractivity contribution in [3.05, 3.63) is 48.3 Å². The predicted molar refractivity (Wildman–Crippen MR) is 75.6 cm³/mol. The molecule has 0 amide bonds. The fourth-order valence-electron chi connectivity index (χ4n) is 1.91. The van der Waals surface area contributed by atoms with Crippen molar-refractivity contribution in [2.45, 2.75) is 6.42 Å². The molecule has 0 saturated carbocycles. The summed E-state index contributed by atoms with van der Waals surface area (Å²) in [6, 6.07) is 10.4. The van der Waals surface area contributed by atoms with Crippen molar-refractivity contribution in [1.82, 2.24) is 9.97 Å². The van der Waals surface area contributed by atoms with Crippen molar-refractivity contribution in [1.29, 1.82) is 0 Å². The predicted octanol–water partition coefficient (Wildman–Crippen LogP) is 2.86. The van der Waals surface area contributed by atoms with Crippen molar-refractivity contribution in [3.8, 4) is 10.6 Å². The van der Waals surface area contributed by atoms with Crippen LogP contribution >= 0.6 is 11.3 Å². The monoisotopic (exact) mass is 255 g/mol. The first-order valence-electron chi connectivity index (χ1n) is 5.87. The van der Waals surface area contributed by atoms with Gasteiger partial charge < -0.3 is 5.73 Å². The summed E-state index contributed by atoms with van der Waals surface area (Å²) in [6.07, 6.45) is 4.49. The highest BCUT2D eigenvalue weighted by Crippen LogP contribution is 2.30. The van der Waals surface area contributed by atoms with E-state index in [1.54, 1.807) is 23.7 Å². The molecule has 0 saturated heterocycles. The van der Waals surface area contributed by atoms with E-state index >= 15 is 0 Å². The molecule has 3 aromatic rings. The third kappa shape index (κ3) is 2.12. The summed E-state index contributed by atoms with van der Waals surface area (Å²) in [5.74, 6) is 0. The topological polar surface area (TPSA) is 51.8 Å². The molecule has 90 valence electrons. The van der Waals surface area contributed by atoms with Gasteiger partial charge in [0.2, 0.25) is 0 Å². The molecular formula is C14H13N3S. The molecule has 0 aliphatic carbocycles. The van der Waals surface area contributed by atoms with E-state index in [-0.39, 0.29) is 0 Å². The van der Waals surface area contributed by atoms with Crippen LogP contribution in [0.3, 0.4) is 0 Å². The Morgan fingerprint density at radius 1 is 1.11 bits per heavy atom. The number of fused-ring (bicyclic) bond motifs is 1. The van der Waals surface area contributed by atoms with Gasteiger partial charge in [0.15, 0.2) is 0 Å². The molecule has 0 fully saturated rings. The third-order valence-corrected chi connectivity index (χ3v) is 3.90. The molecular weight excluding hydrogens is 242 g/mol. The molecule has 0 aliphatic heterocycles. The van der Waals surface area contributed by atoms with Gasteiger partial charge in [0, 0.05) is 18.0 Å². The number of nitrogens with two attached hydrogens (primary N) is 1. The molecule has 0 radical (unpaired) electrons. The van der Waals surface area contributed by atoms with E-state index in [9.17, 15) is 0 Å². The van der Waals surface area contributed by atoms with Crippen LogP contribution < -0.4 is 5.73 Å². The van der Waals surface area contributed by atoms with Gasteiger partial charge in [-0.15, -0.1) is 11.3 Å². The van der Waals surface area contributed by atoms with E-state index in [1.165, 1.54) is 10.3 Å². The minimum absolute atomic E-state index is 0.673. The normalized spacial score (nSPS) is 10.9. The van der Waals surface area contributed by atoms with E-state index < -0.39 is 0 Å². The van der Waals surface area contributed by atoms with Crippen LogP contribution in [0.2, 0.25) is 0 Å². The van der Waals surface area contributed by atoms with Crippen LogP contribution in [-0.4, -0.2) is 16.5 Å². The lowest BCUT2D eigenvalue weighted by atomic mass is 10.1. The van der Waals surface area contributed by atoms with Crippen molar-refractivity contribution in [3.63, 3.8) is 0 Å². The molecule has 3 rings (SSSR count). The van der Waals surface area contributed by atoms with Crippen LogP contribution in [0, 0.1) is 0 Å². The minimum atomic E-state index is 0.673. The van der Waals surface area contributed by atoms with Crippen molar-refractivity contribution in [2.24, 2.45) is 5.73 Å². The lowest BCUT2D eigenvalue weighted by molar-refractivity contribution is 0.970. The fourth-order valence-corrected chi connectivity index (χ4v) is 2.86. The molecule has 2 N–H and O–H groups in total. The van der Waals surface area contributed by atoms with Gasteiger partial charge in [0.05, 0.1) is 10.2 Å². The van der Waals surface area contributed by atoms with Gasteiger partial charge in [0.1, 0.15) is 5.01 Å². The van der Waals surface area contributed by atoms with Crippen LogP contribution in [0.4, 0.5) is 0 Å². The first kappa shape index (κ1) is 11.3. The second-order valence-electron chi connectivity index (χ2n) is 4.10. The minimum Gasteiger partial charge on any atom is -0.330 e. The zero-order valence-corrected chi connectivity index (χ0v) is 10.7. The maximum absolute atomic E-state index is 5.58. The van der Waals surface area contributed by atoms with Crippen LogP contribution in [0.5, 0.6) is 0 Å². The number of aromatic nitrogens is 2. The Morgan fingerprint density at radius 3 is 2.72 bits per heavy atom. The second-order valence-corrected chi connectivity index (χ2v) is 5.13. The molecule has 2 heterocycles.